The maximum absolute atomic E-state index is 2.52. The van der Waals surface area contributed by atoms with Crippen LogP contribution in [0.3, 0.4) is 0 Å². The molecule has 2 fully saturated rings. The molecule has 0 heteroatoms. The van der Waals surface area contributed by atoms with Gasteiger partial charge in [0.2, 0.25) is 0 Å². The Bertz CT molecular complexity index is 265. The SMILES string of the molecule is CC1CCC(C2CCC(C3C=CCC3)C2)C1. The van der Waals surface area contributed by atoms with Gasteiger partial charge in [0.1, 0.15) is 0 Å². The van der Waals surface area contributed by atoms with Gasteiger partial charge in [-0.2, -0.15) is 0 Å². The van der Waals surface area contributed by atoms with Gasteiger partial charge in [0.25, 0.3) is 0 Å². The predicted octanol–water partition coefficient (Wildman–Crippen LogP) is 4.81. The van der Waals surface area contributed by atoms with E-state index in [0.717, 1.165) is 29.6 Å². The van der Waals surface area contributed by atoms with Crippen LogP contribution in [0.4, 0.5) is 0 Å². The molecule has 0 aliphatic heterocycles. The van der Waals surface area contributed by atoms with Gasteiger partial charge < -0.3 is 0 Å². The molecule has 0 heterocycles. The second-order valence-corrected chi connectivity index (χ2v) is 6.68. The molecule has 0 nitrogen and oxygen atoms in total. The fourth-order valence-corrected chi connectivity index (χ4v) is 4.60. The van der Waals surface area contributed by atoms with Crippen LogP contribution in [0.1, 0.15) is 58.3 Å². The molecule has 0 aromatic carbocycles. The number of allylic oxidation sites excluding steroid dienone is 2. The molecule has 0 aromatic rings. The van der Waals surface area contributed by atoms with Gasteiger partial charge in [0, 0.05) is 0 Å². The Morgan fingerprint density at radius 1 is 0.812 bits per heavy atom. The van der Waals surface area contributed by atoms with E-state index < -0.39 is 0 Å². The first-order valence-corrected chi connectivity index (χ1v) is 7.49. The van der Waals surface area contributed by atoms with Crippen molar-refractivity contribution in [2.45, 2.75) is 58.3 Å². The van der Waals surface area contributed by atoms with E-state index >= 15 is 0 Å². The highest BCUT2D eigenvalue weighted by Gasteiger charge is 2.36. The zero-order chi connectivity index (χ0) is 11.0. The fourth-order valence-electron chi connectivity index (χ4n) is 4.60. The first-order valence-electron chi connectivity index (χ1n) is 7.49. The smallest absolute Gasteiger partial charge is 0.0202 e. The predicted molar refractivity (Wildman–Crippen MR) is 69.2 cm³/mol. The number of hydrogen-bond acceptors (Lipinski definition) is 0. The van der Waals surface area contributed by atoms with Crippen molar-refractivity contribution < 1.29 is 0 Å². The molecule has 0 bridgehead atoms. The Balaban J connectivity index is 1.54. The molecule has 0 spiro atoms. The summed E-state index contributed by atoms with van der Waals surface area (Å²) in [7, 11) is 0. The van der Waals surface area contributed by atoms with Crippen molar-refractivity contribution in [2.75, 3.05) is 0 Å². The summed E-state index contributed by atoms with van der Waals surface area (Å²) < 4.78 is 0. The summed E-state index contributed by atoms with van der Waals surface area (Å²) in [6, 6.07) is 0. The Morgan fingerprint density at radius 3 is 2.25 bits per heavy atom. The quantitative estimate of drug-likeness (QED) is 0.584. The zero-order valence-electron chi connectivity index (χ0n) is 10.7. The van der Waals surface area contributed by atoms with Crippen molar-refractivity contribution in [3.63, 3.8) is 0 Å². The molecule has 3 aliphatic rings. The van der Waals surface area contributed by atoms with Crippen LogP contribution in [0.2, 0.25) is 0 Å². The topological polar surface area (TPSA) is 0 Å². The molecule has 90 valence electrons. The minimum Gasteiger partial charge on any atom is -0.0882 e. The molecular formula is C16H26. The highest BCUT2D eigenvalue weighted by atomic mass is 14.4. The molecule has 2 saturated carbocycles. The third kappa shape index (κ3) is 2.08. The second-order valence-electron chi connectivity index (χ2n) is 6.68. The second kappa shape index (κ2) is 4.55. The van der Waals surface area contributed by atoms with Gasteiger partial charge in [-0.1, -0.05) is 25.5 Å². The van der Waals surface area contributed by atoms with E-state index in [0.29, 0.717) is 0 Å². The molecule has 5 atom stereocenters. The maximum atomic E-state index is 2.52. The normalized spacial score (nSPS) is 47.9. The van der Waals surface area contributed by atoms with Crippen molar-refractivity contribution in [1.82, 2.24) is 0 Å². The van der Waals surface area contributed by atoms with Gasteiger partial charge in [-0.05, 0) is 74.5 Å². The van der Waals surface area contributed by atoms with Crippen molar-refractivity contribution in [1.29, 1.82) is 0 Å². The fraction of sp³-hybridized carbons (Fsp3) is 0.875. The summed E-state index contributed by atoms with van der Waals surface area (Å²) in [4.78, 5) is 0. The maximum Gasteiger partial charge on any atom is -0.0202 e. The summed E-state index contributed by atoms with van der Waals surface area (Å²) in [5.74, 6) is 5.24. The van der Waals surface area contributed by atoms with E-state index in [4.69, 9.17) is 0 Å². The lowest BCUT2D eigenvalue weighted by atomic mass is 9.85. The van der Waals surface area contributed by atoms with E-state index in [2.05, 4.69) is 19.1 Å². The van der Waals surface area contributed by atoms with E-state index in [1.807, 2.05) is 0 Å². The van der Waals surface area contributed by atoms with E-state index in [1.54, 1.807) is 19.3 Å². The van der Waals surface area contributed by atoms with Crippen LogP contribution in [0.25, 0.3) is 0 Å². The Labute approximate surface area is 101 Å². The van der Waals surface area contributed by atoms with Crippen LogP contribution in [0.5, 0.6) is 0 Å². The van der Waals surface area contributed by atoms with Crippen LogP contribution in [0.15, 0.2) is 12.2 Å². The first-order chi connectivity index (χ1) is 7.83. The Kier molecular flexibility index (Phi) is 3.09. The number of hydrogen-bond donors (Lipinski definition) is 0. The number of rotatable bonds is 2. The van der Waals surface area contributed by atoms with E-state index in [1.165, 1.54) is 32.1 Å². The largest absolute Gasteiger partial charge is 0.0882 e. The van der Waals surface area contributed by atoms with E-state index in [9.17, 15) is 0 Å². The first kappa shape index (κ1) is 10.9. The molecule has 0 N–H and O–H groups in total. The minimum absolute atomic E-state index is 0.962. The summed E-state index contributed by atoms with van der Waals surface area (Å²) in [5.41, 5.74) is 0. The van der Waals surface area contributed by atoms with E-state index in [-0.39, 0.29) is 0 Å². The molecule has 0 saturated heterocycles. The zero-order valence-corrected chi connectivity index (χ0v) is 10.7. The molecule has 16 heavy (non-hydrogen) atoms. The standard InChI is InChI=1S/C16H26/c1-12-6-7-14(10-12)16-9-8-15(11-16)13-4-2-3-5-13/h2,4,12-16H,3,5-11H2,1H3. The Morgan fingerprint density at radius 2 is 1.56 bits per heavy atom. The molecule has 3 aliphatic carbocycles. The van der Waals surface area contributed by atoms with Crippen LogP contribution < -0.4 is 0 Å². The molecule has 0 aromatic heterocycles. The van der Waals surface area contributed by atoms with Gasteiger partial charge >= 0.3 is 0 Å². The lowest BCUT2D eigenvalue weighted by Gasteiger charge is -2.20. The van der Waals surface area contributed by atoms with Crippen LogP contribution in [-0.2, 0) is 0 Å². The average molecular weight is 218 g/mol. The van der Waals surface area contributed by atoms with Crippen LogP contribution >= 0.6 is 0 Å². The summed E-state index contributed by atoms with van der Waals surface area (Å²) in [6.07, 6.45) is 17.0. The van der Waals surface area contributed by atoms with Gasteiger partial charge in [-0.25, -0.2) is 0 Å². The van der Waals surface area contributed by atoms with Gasteiger partial charge in [-0.3, -0.25) is 0 Å². The summed E-state index contributed by atoms with van der Waals surface area (Å²) >= 11 is 0. The monoisotopic (exact) mass is 218 g/mol. The van der Waals surface area contributed by atoms with Crippen molar-refractivity contribution in [3.05, 3.63) is 12.2 Å². The third-order valence-electron chi connectivity index (χ3n) is 5.57. The van der Waals surface area contributed by atoms with Crippen LogP contribution in [-0.4, -0.2) is 0 Å². The third-order valence-corrected chi connectivity index (χ3v) is 5.57. The highest BCUT2D eigenvalue weighted by molar-refractivity contribution is 5.01. The molecular weight excluding hydrogens is 192 g/mol. The highest BCUT2D eigenvalue weighted by Crippen LogP contribution is 2.47. The molecule has 5 unspecified atom stereocenters. The van der Waals surface area contributed by atoms with Gasteiger partial charge in [0.05, 0.1) is 0 Å². The van der Waals surface area contributed by atoms with Gasteiger partial charge in [0.15, 0.2) is 0 Å². The summed E-state index contributed by atoms with van der Waals surface area (Å²) in [6.45, 7) is 2.45. The lowest BCUT2D eigenvalue weighted by molar-refractivity contribution is 0.309. The molecule has 0 amide bonds. The summed E-state index contributed by atoms with van der Waals surface area (Å²) in [5, 5.41) is 0. The Hall–Kier alpha value is -0.260. The van der Waals surface area contributed by atoms with Crippen molar-refractivity contribution in [3.8, 4) is 0 Å². The van der Waals surface area contributed by atoms with Gasteiger partial charge in [-0.15, -0.1) is 0 Å². The minimum atomic E-state index is 0.962. The van der Waals surface area contributed by atoms with Crippen LogP contribution in [0, 0.1) is 29.6 Å². The van der Waals surface area contributed by atoms with Crippen molar-refractivity contribution in [2.24, 2.45) is 29.6 Å². The lowest BCUT2D eigenvalue weighted by Crippen LogP contribution is -2.11. The molecule has 0 radical (unpaired) electrons. The molecule has 3 rings (SSSR count). The average Bonchev–Trinajstić information content (AvgIpc) is 2.97. The van der Waals surface area contributed by atoms with Crippen molar-refractivity contribution >= 4 is 0 Å².